The maximum atomic E-state index is 14.8. The standard InChI is InChI=1S/C24H17FN4O/c1-29-21-13-27-20-11-22(30-2)17(15-5-3-4-6-15)10-18(20)23(21)24(28-29)16-8-7-14(12-26)9-19(16)25/h3,5-11,13H,4H2,1-2H3. The van der Waals surface area contributed by atoms with E-state index >= 15 is 0 Å². The molecule has 2 aromatic carbocycles. The van der Waals surface area contributed by atoms with Gasteiger partial charge in [-0.25, -0.2) is 4.39 Å². The molecule has 1 aliphatic carbocycles. The fourth-order valence-corrected chi connectivity index (χ4v) is 3.97. The Hall–Kier alpha value is -3.98. The van der Waals surface area contributed by atoms with Crippen molar-refractivity contribution in [3.8, 4) is 23.1 Å². The molecule has 5 nitrogen and oxygen atoms in total. The SMILES string of the molecule is COc1cc2ncc3c(c(-c4ccc(C#N)cc4F)nn3C)c2cc1C1=CCC=C1. The van der Waals surface area contributed by atoms with Crippen molar-refractivity contribution in [2.75, 3.05) is 7.11 Å². The van der Waals surface area contributed by atoms with Crippen LogP contribution in [-0.2, 0) is 7.05 Å². The van der Waals surface area contributed by atoms with Gasteiger partial charge in [-0.3, -0.25) is 9.67 Å². The predicted molar refractivity (Wildman–Crippen MR) is 114 cm³/mol. The normalized spacial score (nSPS) is 13.1. The number of aromatic nitrogens is 3. The van der Waals surface area contributed by atoms with E-state index in [9.17, 15) is 4.39 Å². The van der Waals surface area contributed by atoms with Gasteiger partial charge in [-0.1, -0.05) is 18.2 Å². The molecule has 0 amide bonds. The lowest BCUT2D eigenvalue weighted by atomic mass is 9.98. The Kier molecular flexibility index (Phi) is 4.11. The van der Waals surface area contributed by atoms with Gasteiger partial charge in [-0.05, 0) is 36.3 Å². The van der Waals surface area contributed by atoms with E-state index in [1.807, 2.05) is 25.2 Å². The van der Waals surface area contributed by atoms with E-state index in [1.165, 1.54) is 6.07 Å². The Balaban J connectivity index is 1.86. The number of halogens is 1. The molecule has 0 atom stereocenters. The Morgan fingerprint density at radius 1 is 1.20 bits per heavy atom. The topological polar surface area (TPSA) is 63.7 Å². The lowest BCUT2D eigenvalue weighted by Crippen LogP contribution is -1.93. The molecule has 146 valence electrons. The number of hydrogen-bond donors (Lipinski definition) is 0. The number of ether oxygens (including phenoxy) is 1. The Morgan fingerprint density at radius 3 is 2.77 bits per heavy atom. The molecule has 1 aliphatic rings. The summed E-state index contributed by atoms with van der Waals surface area (Å²) in [5.74, 6) is 0.260. The smallest absolute Gasteiger partial charge is 0.134 e. The van der Waals surface area contributed by atoms with Crippen LogP contribution >= 0.6 is 0 Å². The minimum Gasteiger partial charge on any atom is -0.496 e. The van der Waals surface area contributed by atoms with Crippen LogP contribution in [-0.4, -0.2) is 21.9 Å². The molecular formula is C24H17FN4O. The zero-order valence-corrected chi connectivity index (χ0v) is 16.5. The molecule has 2 aromatic heterocycles. The molecule has 4 aromatic rings. The van der Waals surface area contributed by atoms with Crippen LogP contribution in [0.4, 0.5) is 4.39 Å². The third kappa shape index (κ3) is 2.67. The van der Waals surface area contributed by atoms with Crippen molar-refractivity contribution in [3.63, 3.8) is 0 Å². The van der Waals surface area contributed by atoms with Crippen LogP contribution in [0.1, 0.15) is 17.5 Å². The number of nitrogens with zero attached hydrogens (tertiary/aromatic N) is 4. The average molecular weight is 396 g/mol. The lowest BCUT2D eigenvalue weighted by Gasteiger charge is -2.11. The minimum atomic E-state index is -0.478. The van der Waals surface area contributed by atoms with Crippen LogP contribution < -0.4 is 4.74 Å². The zero-order valence-electron chi connectivity index (χ0n) is 16.5. The molecule has 0 N–H and O–H groups in total. The number of fused-ring (bicyclic) bond motifs is 3. The molecule has 0 saturated carbocycles. The number of allylic oxidation sites excluding steroid dienone is 4. The molecule has 0 aliphatic heterocycles. The highest BCUT2D eigenvalue weighted by molar-refractivity contribution is 6.12. The highest BCUT2D eigenvalue weighted by Gasteiger charge is 2.20. The van der Waals surface area contributed by atoms with E-state index in [-0.39, 0.29) is 5.56 Å². The molecule has 0 saturated heterocycles. The van der Waals surface area contributed by atoms with Gasteiger partial charge in [0.15, 0.2) is 0 Å². The number of rotatable bonds is 3. The van der Waals surface area contributed by atoms with Crippen LogP contribution in [0.5, 0.6) is 5.75 Å². The predicted octanol–water partition coefficient (Wildman–Crippen LogP) is 5.15. The van der Waals surface area contributed by atoms with Gasteiger partial charge in [-0.2, -0.15) is 10.4 Å². The first-order valence-corrected chi connectivity index (χ1v) is 9.51. The van der Waals surface area contributed by atoms with Gasteiger partial charge in [0.2, 0.25) is 0 Å². The monoisotopic (exact) mass is 396 g/mol. The van der Waals surface area contributed by atoms with E-state index in [4.69, 9.17) is 10.00 Å². The maximum absolute atomic E-state index is 14.8. The highest BCUT2D eigenvalue weighted by Crippen LogP contribution is 2.39. The van der Waals surface area contributed by atoms with E-state index in [0.717, 1.165) is 45.1 Å². The van der Waals surface area contributed by atoms with Crippen LogP contribution in [0.3, 0.4) is 0 Å². The summed E-state index contributed by atoms with van der Waals surface area (Å²) in [6, 6.07) is 10.4. The van der Waals surface area contributed by atoms with Crippen molar-refractivity contribution in [3.05, 3.63) is 71.7 Å². The van der Waals surface area contributed by atoms with Crippen molar-refractivity contribution in [2.45, 2.75) is 6.42 Å². The minimum absolute atomic E-state index is 0.273. The molecule has 0 spiro atoms. The van der Waals surface area contributed by atoms with Crippen molar-refractivity contribution >= 4 is 27.4 Å². The van der Waals surface area contributed by atoms with Crippen LogP contribution in [0.2, 0.25) is 0 Å². The molecule has 2 heterocycles. The second-order valence-electron chi connectivity index (χ2n) is 7.16. The van der Waals surface area contributed by atoms with E-state index in [2.05, 4.69) is 28.3 Å². The van der Waals surface area contributed by atoms with E-state index in [0.29, 0.717) is 11.3 Å². The first-order valence-electron chi connectivity index (χ1n) is 9.51. The van der Waals surface area contributed by atoms with Crippen LogP contribution in [0.15, 0.2) is 54.8 Å². The van der Waals surface area contributed by atoms with E-state index < -0.39 is 5.82 Å². The molecule has 0 radical (unpaired) electrons. The summed E-state index contributed by atoms with van der Waals surface area (Å²) in [4.78, 5) is 4.59. The summed E-state index contributed by atoms with van der Waals surface area (Å²) in [7, 11) is 3.46. The fourth-order valence-electron chi connectivity index (χ4n) is 3.97. The van der Waals surface area contributed by atoms with Gasteiger partial charge in [0.05, 0.1) is 36.0 Å². The second kappa shape index (κ2) is 6.82. The Labute approximate surface area is 172 Å². The van der Waals surface area contributed by atoms with Gasteiger partial charge in [0.1, 0.15) is 17.3 Å². The maximum Gasteiger partial charge on any atom is 0.134 e. The average Bonchev–Trinajstić information content (AvgIpc) is 3.41. The van der Waals surface area contributed by atoms with Gasteiger partial charge in [0.25, 0.3) is 0 Å². The second-order valence-corrected chi connectivity index (χ2v) is 7.16. The Morgan fingerprint density at radius 2 is 2.07 bits per heavy atom. The Bertz CT molecular complexity index is 1440. The lowest BCUT2D eigenvalue weighted by molar-refractivity contribution is 0.414. The summed E-state index contributed by atoms with van der Waals surface area (Å²) >= 11 is 0. The molecule has 30 heavy (non-hydrogen) atoms. The quantitative estimate of drug-likeness (QED) is 0.480. The summed E-state index contributed by atoms with van der Waals surface area (Å²) < 4.78 is 22.2. The van der Waals surface area contributed by atoms with Crippen LogP contribution in [0, 0.1) is 17.1 Å². The number of pyridine rings is 1. The van der Waals surface area contributed by atoms with Crippen LogP contribution in [0.25, 0.3) is 38.6 Å². The van der Waals surface area contributed by atoms with Crippen molar-refractivity contribution in [1.82, 2.24) is 14.8 Å². The highest BCUT2D eigenvalue weighted by atomic mass is 19.1. The largest absolute Gasteiger partial charge is 0.496 e. The summed E-state index contributed by atoms with van der Waals surface area (Å²) in [6.45, 7) is 0. The van der Waals surface area contributed by atoms with Crippen molar-refractivity contribution < 1.29 is 9.13 Å². The number of methoxy groups -OCH3 is 1. The van der Waals surface area contributed by atoms with Gasteiger partial charge < -0.3 is 4.74 Å². The first kappa shape index (κ1) is 18.1. The molecule has 5 rings (SSSR count). The fraction of sp³-hybridized carbons (Fsp3) is 0.125. The number of benzene rings is 2. The summed E-state index contributed by atoms with van der Waals surface area (Å²) in [5, 5.41) is 15.3. The third-order valence-corrected chi connectivity index (χ3v) is 5.44. The van der Waals surface area contributed by atoms with Crippen molar-refractivity contribution in [1.29, 1.82) is 5.26 Å². The number of hydrogen-bond acceptors (Lipinski definition) is 4. The third-order valence-electron chi connectivity index (χ3n) is 5.44. The zero-order chi connectivity index (χ0) is 20.8. The molecule has 0 unspecified atom stereocenters. The van der Waals surface area contributed by atoms with Gasteiger partial charge >= 0.3 is 0 Å². The van der Waals surface area contributed by atoms with Crippen molar-refractivity contribution in [2.24, 2.45) is 7.05 Å². The summed E-state index contributed by atoms with van der Waals surface area (Å²) in [6.07, 6.45) is 8.93. The molecule has 6 heteroatoms. The molecule has 0 bridgehead atoms. The summed E-state index contributed by atoms with van der Waals surface area (Å²) in [5.41, 5.74) is 4.74. The first-order chi connectivity index (χ1) is 14.6. The van der Waals surface area contributed by atoms with Gasteiger partial charge in [-0.15, -0.1) is 0 Å². The molecule has 0 fully saturated rings. The number of nitriles is 1. The van der Waals surface area contributed by atoms with E-state index in [1.54, 1.807) is 30.1 Å². The molecular weight excluding hydrogens is 379 g/mol. The number of aryl methyl sites for hydroxylation is 1. The van der Waals surface area contributed by atoms with Gasteiger partial charge in [0, 0.05) is 35.0 Å².